The van der Waals surface area contributed by atoms with Crippen LogP contribution >= 0.6 is 0 Å². The Morgan fingerprint density at radius 2 is 0.662 bits per heavy atom. The van der Waals surface area contributed by atoms with E-state index in [1.165, 1.54) is 11.1 Å². The fraction of sp³-hybridized carbons (Fsp3) is 0.231. The Balaban J connectivity index is 0.000000370. The van der Waals surface area contributed by atoms with E-state index in [-0.39, 0.29) is 0 Å². The molecular formula is C52H33BF24N2O. The number of benzene rings is 6. The minimum absolute atomic E-state index is 0.691. The fourth-order valence-corrected chi connectivity index (χ4v) is 8.87. The van der Waals surface area contributed by atoms with Gasteiger partial charge in [-0.15, -0.1) is 0 Å². The van der Waals surface area contributed by atoms with Crippen molar-refractivity contribution in [1.82, 2.24) is 4.98 Å². The van der Waals surface area contributed by atoms with Crippen molar-refractivity contribution in [2.45, 2.75) is 76.7 Å². The van der Waals surface area contributed by atoms with E-state index in [1.54, 1.807) is 12.4 Å². The van der Waals surface area contributed by atoms with E-state index in [2.05, 4.69) is 54.6 Å². The third kappa shape index (κ3) is 14.1. The van der Waals surface area contributed by atoms with Gasteiger partial charge < -0.3 is 4.74 Å². The monoisotopic (exact) mass is 1170 g/mol. The molecule has 0 aliphatic carbocycles. The third-order valence-corrected chi connectivity index (χ3v) is 12.2. The van der Waals surface area contributed by atoms with Crippen LogP contribution in [0.1, 0.15) is 66.8 Å². The number of aromatic nitrogens is 2. The minimum atomic E-state index is -6.13. The predicted molar refractivity (Wildman–Crippen MR) is 241 cm³/mol. The van der Waals surface area contributed by atoms with Crippen LogP contribution in [0.4, 0.5) is 105 Å². The van der Waals surface area contributed by atoms with Crippen molar-refractivity contribution in [3.05, 3.63) is 201 Å². The lowest BCUT2D eigenvalue weighted by atomic mass is 9.12. The summed E-state index contributed by atoms with van der Waals surface area (Å²) in [5, 5.41) is 0. The maximum Gasteiger partial charge on any atom is 0.416 e. The van der Waals surface area contributed by atoms with Crippen molar-refractivity contribution in [1.29, 1.82) is 0 Å². The number of rotatable bonds is 8. The molecule has 1 aromatic heterocycles. The number of halogens is 24. The normalized spacial score (nSPS) is 13.2. The second-order valence-corrected chi connectivity index (χ2v) is 18.1. The number of aryl methyl sites for hydroxylation is 3. The molecule has 0 N–H and O–H groups in total. The van der Waals surface area contributed by atoms with Crippen molar-refractivity contribution in [3.8, 4) is 11.6 Å². The molecule has 0 bridgehead atoms. The molecule has 0 aliphatic heterocycles. The molecule has 0 amide bonds. The van der Waals surface area contributed by atoms with Crippen molar-refractivity contribution < 1.29 is 115 Å². The first kappa shape index (κ1) is 61.8. The molecule has 7 aromatic rings. The van der Waals surface area contributed by atoms with Gasteiger partial charge in [-0.3, -0.25) is 0 Å². The van der Waals surface area contributed by atoms with Gasteiger partial charge in [0, 0.05) is 5.56 Å². The summed E-state index contributed by atoms with van der Waals surface area (Å²) in [5.41, 5.74) is -25.5. The highest BCUT2D eigenvalue weighted by molar-refractivity contribution is 7.20. The van der Waals surface area contributed by atoms with Gasteiger partial charge in [-0.2, -0.15) is 132 Å². The number of alkyl halides is 24. The number of nitrogens with zero attached hydrogens (tertiary/aromatic N) is 2. The molecule has 3 nitrogen and oxygen atoms in total. The van der Waals surface area contributed by atoms with Gasteiger partial charge in [-0.25, -0.2) is 4.98 Å². The molecule has 80 heavy (non-hydrogen) atoms. The molecule has 7 rings (SSSR count). The van der Waals surface area contributed by atoms with Crippen LogP contribution in [0.25, 0.3) is 0 Å². The highest BCUT2D eigenvalue weighted by Gasteiger charge is 2.47. The average molecular weight is 1170 g/mol. The summed E-state index contributed by atoms with van der Waals surface area (Å²) in [6.07, 6.45) is -49.3. The lowest BCUT2D eigenvalue weighted by Crippen LogP contribution is -2.75. The third-order valence-electron chi connectivity index (χ3n) is 12.2. The molecule has 0 fully saturated rings. The smallest absolute Gasteiger partial charge is 0.403 e. The zero-order chi connectivity index (χ0) is 60.1. The van der Waals surface area contributed by atoms with Crippen LogP contribution in [-0.4, -0.2) is 11.1 Å². The van der Waals surface area contributed by atoms with E-state index in [0.717, 1.165) is 29.3 Å². The summed E-state index contributed by atoms with van der Waals surface area (Å²) in [5.74, 6) is 1.65. The molecule has 0 saturated heterocycles. The van der Waals surface area contributed by atoms with E-state index in [4.69, 9.17) is 4.74 Å². The van der Waals surface area contributed by atoms with Gasteiger partial charge in [-0.05, 0) is 56.2 Å². The molecule has 6 aromatic carbocycles. The highest BCUT2D eigenvalue weighted by Crippen LogP contribution is 2.42. The zero-order valence-corrected chi connectivity index (χ0v) is 40.4. The van der Waals surface area contributed by atoms with Crippen LogP contribution < -0.4 is 31.2 Å². The molecule has 0 unspecified atom stereocenters. The van der Waals surface area contributed by atoms with Gasteiger partial charge in [0.25, 0.3) is 0 Å². The standard InChI is InChI=1S/C32H12BF24.C20H21N2O/c34-25(35,36)13-1-14(26(37,38)39)6-21(5-13)33(22-7-15(27(40,41)42)2-16(8-22)28(43,44)45,23-9-17(29(46,47)48)3-18(10-23)30(49,50)51)24-11-19(31(52,53)54)4-20(12-24)32(55,56)57;1-15-11-16(2)20(17(3)12-15)23-19-13-21-9-10-22(19)14-18-7-5-4-6-8-18/h1-12H;4-13H,14H2,1-3H3/q-1;+1. The second-order valence-electron chi connectivity index (χ2n) is 18.1. The Bertz CT molecular complexity index is 2910. The molecular weight excluding hydrogens is 1140 g/mol. The first-order valence-corrected chi connectivity index (χ1v) is 22.4. The number of hydrogen-bond acceptors (Lipinski definition) is 2. The van der Waals surface area contributed by atoms with Crippen LogP contribution in [0.5, 0.6) is 11.6 Å². The highest BCUT2D eigenvalue weighted by atomic mass is 19.4. The van der Waals surface area contributed by atoms with Gasteiger partial charge in [-0.1, -0.05) is 96.6 Å². The number of hydrogen-bond donors (Lipinski definition) is 0. The maximum absolute atomic E-state index is 14.2. The molecule has 428 valence electrons. The van der Waals surface area contributed by atoms with E-state index >= 15 is 0 Å². The summed E-state index contributed by atoms with van der Waals surface area (Å²) in [4.78, 5) is 4.21. The van der Waals surface area contributed by atoms with E-state index < -0.39 is 195 Å². The van der Waals surface area contributed by atoms with Crippen molar-refractivity contribution in [2.24, 2.45) is 0 Å². The van der Waals surface area contributed by atoms with Crippen molar-refractivity contribution in [2.75, 3.05) is 0 Å². The van der Waals surface area contributed by atoms with Crippen molar-refractivity contribution in [3.63, 3.8) is 0 Å². The first-order valence-electron chi connectivity index (χ1n) is 22.4. The van der Waals surface area contributed by atoms with Gasteiger partial charge >= 0.3 is 55.3 Å². The molecule has 0 radical (unpaired) electrons. The molecule has 0 aliphatic rings. The zero-order valence-electron chi connectivity index (χ0n) is 40.4. The maximum atomic E-state index is 14.2. The summed E-state index contributed by atoms with van der Waals surface area (Å²) in [6.45, 7) is 7.01. The van der Waals surface area contributed by atoms with Gasteiger partial charge in [0.2, 0.25) is 0 Å². The van der Waals surface area contributed by atoms with Gasteiger partial charge in [0.1, 0.15) is 18.1 Å². The van der Waals surface area contributed by atoms with E-state index in [0.29, 0.717) is 0 Å². The van der Waals surface area contributed by atoms with E-state index in [1.807, 2.05) is 24.4 Å². The predicted octanol–water partition coefficient (Wildman–Crippen LogP) is 15.3. The largest absolute Gasteiger partial charge is 0.416 e. The summed E-state index contributed by atoms with van der Waals surface area (Å²) in [6, 6.07) is 5.81. The van der Waals surface area contributed by atoms with Crippen molar-refractivity contribution >= 4 is 28.0 Å². The Hall–Kier alpha value is -7.42. The first-order chi connectivity index (χ1) is 36.4. The van der Waals surface area contributed by atoms with Crippen LogP contribution in [0, 0.1) is 20.8 Å². The average Bonchev–Trinajstić information content (AvgIpc) is 3.46. The molecule has 1 heterocycles. The molecule has 0 spiro atoms. The van der Waals surface area contributed by atoms with Gasteiger partial charge in [0.05, 0.1) is 50.7 Å². The quantitative estimate of drug-likeness (QED) is 0.0861. The summed E-state index contributed by atoms with van der Waals surface area (Å²) in [7, 11) is 0. The fourth-order valence-electron chi connectivity index (χ4n) is 8.87. The molecule has 28 heteroatoms. The van der Waals surface area contributed by atoms with Crippen LogP contribution in [-0.2, 0) is 56.0 Å². The topological polar surface area (TPSA) is 26.0 Å². The minimum Gasteiger partial charge on any atom is -0.403 e. The Labute approximate surface area is 436 Å². The Kier molecular flexibility index (Phi) is 16.7. The summed E-state index contributed by atoms with van der Waals surface area (Å²) >= 11 is 0. The van der Waals surface area contributed by atoms with E-state index in [9.17, 15) is 105 Å². The second kappa shape index (κ2) is 21.6. The van der Waals surface area contributed by atoms with Crippen LogP contribution in [0.2, 0.25) is 0 Å². The summed E-state index contributed by atoms with van der Waals surface area (Å²) < 4.78 is 349. The molecule has 0 saturated carbocycles. The lowest BCUT2D eigenvalue weighted by molar-refractivity contribution is -0.692. The number of ether oxygens (including phenoxy) is 1. The van der Waals surface area contributed by atoms with Crippen LogP contribution in [0.15, 0.2) is 134 Å². The van der Waals surface area contributed by atoms with Crippen LogP contribution in [0.3, 0.4) is 0 Å². The molecule has 0 atom stereocenters. The Morgan fingerprint density at radius 1 is 0.388 bits per heavy atom. The van der Waals surface area contributed by atoms with Gasteiger partial charge in [0.15, 0.2) is 12.7 Å². The Morgan fingerprint density at radius 3 is 0.925 bits per heavy atom. The lowest BCUT2D eigenvalue weighted by Gasteiger charge is -2.46. The SMILES string of the molecule is Cc1cc(C)c(Oc2cncc[n+]2Cc2ccccc2)c(C)c1.FC(F)(F)c1cc([B-](c2cc(C(F)(F)F)cc(C(F)(F)F)c2)(c2cc(C(F)(F)F)cc(C(F)(F)F)c2)c2cc(C(F)(F)F)cc(C(F)(F)F)c2)cc(C(F)(F)F)c1.